The molecule has 3 aromatic rings. The lowest BCUT2D eigenvalue weighted by atomic mass is 9.81. The van der Waals surface area contributed by atoms with E-state index in [1.165, 1.54) is 25.8 Å². The fourth-order valence-corrected chi connectivity index (χ4v) is 5.47. The van der Waals surface area contributed by atoms with Crippen LogP contribution < -0.4 is 14.1 Å². The van der Waals surface area contributed by atoms with E-state index < -0.39 is 45.0 Å². The summed E-state index contributed by atoms with van der Waals surface area (Å²) in [5.41, 5.74) is -2.72. The third-order valence-corrected chi connectivity index (χ3v) is 8.28. The molecule has 1 aromatic heterocycles. The summed E-state index contributed by atoms with van der Waals surface area (Å²) in [4.78, 5) is 17.3. The molecule has 0 saturated carbocycles. The molecule has 0 aliphatic carbocycles. The second-order valence-electron chi connectivity index (χ2n) is 11.8. The molecule has 232 valence electrons. The van der Waals surface area contributed by atoms with Gasteiger partial charge in [-0.2, -0.15) is 30.9 Å². The van der Waals surface area contributed by atoms with Crippen molar-refractivity contribution >= 4 is 17.4 Å². The minimum Gasteiger partial charge on any atom is -0.623 e. The van der Waals surface area contributed by atoms with Crippen molar-refractivity contribution in [1.82, 2.24) is 9.55 Å². The highest BCUT2D eigenvalue weighted by Crippen LogP contribution is 2.41. The van der Waals surface area contributed by atoms with Crippen molar-refractivity contribution < 1.29 is 35.7 Å². The van der Waals surface area contributed by atoms with Gasteiger partial charge in [-0.25, -0.2) is 0 Å². The molecule has 0 unspecified atom stereocenters. The molecular weight excluding hydrogens is 574 g/mol. The molecule has 1 amide bonds. The predicted octanol–water partition coefficient (Wildman–Crippen LogP) is 6.22. The highest BCUT2D eigenvalue weighted by atomic mass is 19.4. The van der Waals surface area contributed by atoms with E-state index in [1.54, 1.807) is 23.9 Å². The van der Waals surface area contributed by atoms with Crippen LogP contribution >= 0.6 is 0 Å². The molecule has 4 rings (SSSR count). The van der Waals surface area contributed by atoms with Gasteiger partial charge in [0, 0.05) is 25.7 Å². The molecule has 0 spiro atoms. The summed E-state index contributed by atoms with van der Waals surface area (Å²) < 4.78 is 82.8. The van der Waals surface area contributed by atoms with E-state index in [1.807, 2.05) is 38.2 Å². The van der Waals surface area contributed by atoms with Crippen molar-refractivity contribution in [3.8, 4) is 11.1 Å². The molecule has 1 aliphatic rings. The summed E-state index contributed by atoms with van der Waals surface area (Å²) in [5.74, 6) is -0.268. The van der Waals surface area contributed by atoms with Gasteiger partial charge >= 0.3 is 18.2 Å². The first kappa shape index (κ1) is 32.4. The smallest absolute Gasteiger partial charge is 0.416 e. The van der Waals surface area contributed by atoms with E-state index in [-0.39, 0.29) is 6.07 Å². The Morgan fingerprint density at radius 2 is 1.42 bits per heavy atom. The van der Waals surface area contributed by atoms with Gasteiger partial charge in [0.15, 0.2) is 6.20 Å². The van der Waals surface area contributed by atoms with Crippen LogP contribution in [-0.4, -0.2) is 51.1 Å². The number of benzene rings is 2. The van der Waals surface area contributed by atoms with Gasteiger partial charge in [-0.15, -0.1) is 0 Å². The summed E-state index contributed by atoms with van der Waals surface area (Å²) in [6, 6.07) is 10.3. The molecule has 12 heteroatoms. The minimum absolute atomic E-state index is 0.0445. The zero-order valence-electron chi connectivity index (χ0n) is 24.9. The van der Waals surface area contributed by atoms with Crippen LogP contribution in [0.3, 0.4) is 0 Å². The van der Waals surface area contributed by atoms with E-state index in [4.69, 9.17) is 0 Å². The molecule has 2 aromatic carbocycles. The number of likely N-dealkylation sites (N-methyl/N-ethyl adjacent to an activating group) is 2. The average Bonchev–Trinajstić information content (AvgIpc) is 2.93. The minimum atomic E-state index is -5.05. The number of quaternary nitrogens is 1. The third kappa shape index (κ3) is 6.41. The fourth-order valence-electron chi connectivity index (χ4n) is 5.47. The van der Waals surface area contributed by atoms with Gasteiger partial charge in [0.1, 0.15) is 25.8 Å². The first-order valence-corrected chi connectivity index (χ1v) is 13.7. The van der Waals surface area contributed by atoms with Crippen LogP contribution in [0, 0.1) is 12.1 Å². The Morgan fingerprint density at radius 1 is 0.907 bits per heavy atom. The molecule has 43 heavy (non-hydrogen) atoms. The van der Waals surface area contributed by atoms with Gasteiger partial charge in [-0.3, -0.25) is 14.3 Å². The summed E-state index contributed by atoms with van der Waals surface area (Å²) in [5, 5.41) is 14.0. The number of piperazine rings is 1. The Balaban J connectivity index is 1.86. The van der Waals surface area contributed by atoms with Gasteiger partial charge in [0.2, 0.25) is 5.91 Å². The van der Waals surface area contributed by atoms with Gasteiger partial charge in [-0.05, 0) is 62.7 Å². The first-order chi connectivity index (χ1) is 19.8. The first-order valence-electron chi connectivity index (χ1n) is 13.7. The van der Waals surface area contributed by atoms with Crippen LogP contribution in [0.15, 0.2) is 54.7 Å². The number of hydrogen-bond donors (Lipinski definition) is 0. The number of pyridine rings is 1. The van der Waals surface area contributed by atoms with Crippen molar-refractivity contribution in [3.63, 3.8) is 0 Å². The van der Waals surface area contributed by atoms with Crippen LogP contribution in [-0.2, 0) is 29.6 Å². The lowest BCUT2D eigenvalue weighted by Crippen LogP contribution is -2.60. The second kappa shape index (κ2) is 11.2. The van der Waals surface area contributed by atoms with E-state index in [0.29, 0.717) is 55.4 Å². The summed E-state index contributed by atoms with van der Waals surface area (Å²) >= 11 is 0. The van der Waals surface area contributed by atoms with Crippen molar-refractivity contribution in [2.45, 2.75) is 38.5 Å². The third-order valence-electron chi connectivity index (χ3n) is 8.28. The van der Waals surface area contributed by atoms with Gasteiger partial charge in [-0.1, -0.05) is 24.3 Å². The molecule has 0 bridgehead atoms. The Labute approximate surface area is 246 Å². The van der Waals surface area contributed by atoms with Crippen LogP contribution in [0.1, 0.15) is 36.1 Å². The lowest BCUT2D eigenvalue weighted by Gasteiger charge is -2.44. The number of amides is 1. The Morgan fingerprint density at radius 3 is 1.93 bits per heavy atom. The zero-order valence-corrected chi connectivity index (χ0v) is 24.9. The number of hydrogen-bond acceptors (Lipinski definition) is 3. The van der Waals surface area contributed by atoms with Crippen LogP contribution in [0.25, 0.3) is 11.1 Å². The number of aromatic nitrogens is 1. The molecule has 1 saturated heterocycles. The lowest BCUT2D eigenvalue weighted by molar-refractivity contribution is -0.664. The number of alkyl halides is 6. The normalized spacial score (nSPS) is 16.3. The van der Waals surface area contributed by atoms with E-state index in [0.717, 1.165) is 11.1 Å². The number of hydroxylamine groups is 2. The zero-order chi connectivity index (χ0) is 32.1. The van der Waals surface area contributed by atoms with Crippen molar-refractivity contribution in [1.29, 1.82) is 0 Å². The number of aryl methyl sites for hydroxylation is 2. The summed E-state index contributed by atoms with van der Waals surface area (Å²) in [6.07, 6.45) is -8.49. The predicted molar refractivity (Wildman–Crippen MR) is 153 cm³/mol. The van der Waals surface area contributed by atoms with Crippen molar-refractivity contribution in [2.24, 2.45) is 7.05 Å². The Hall–Kier alpha value is -3.48. The molecule has 2 heterocycles. The van der Waals surface area contributed by atoms with Gasteiger partial charge < -0.3 is 10.1 Å². The molecule has 0 atom stereocenters. The average molecular weight is 610 g/mol. The number of nitrogens with zero attached hydrogens (tertiary/aromatic N) is 4. The largest absolute Gasteiger partial charge is 0.623 e. The van der Waals surface area contributed by atoms with Crippen molar-refractivity contribution in [2.75, 3.05) is 45.2 Å². The van der Waals surface area contributed by atoms with E-state index in [9.17, 15) is 36.3 Å². The van der Waals surface area contributed by atoms with E-state index in [2.05, 4.69) is 4.90 Å². The number of anilines is 1. The monoisotopic (exact) mass is 609 g/mol. The molecule has 1 fully saturated rings. The molecule has 0 radical (unpaired) electrons. The van der Waals surface area contributed by atoms with Crippen LogP contribution in [0.4, 0.5) is 37.8 Å². The van der Waals surface area contributed by atoms with Crippen LogP contribution in [0.5, 0.6) is 0 Å². The Bertz CT molecular complexity index is 1490. The molecule has 6 nitrogen and oxygen atoms in total. The highest BCUT2D eigenvalue weighted by Gasteiger charge is 2.42. The number of carbonyl (C=O) groups is 1. The second-order valence-corrected chi connectivity index (χ2v) is 11.8. The summed E-state index contributed by atoms with van der Waals surface area (Å²) in [6.45, 7) is 6.28. The maximum atomic E-state index is 14.0. The Kier molecular flexibility index (Phi) is 8.46. The summed E-state index contributed by atoms with van der Waals surface area (Å²) in [7, 11) is 5.05. The number of rotatable bonds is 5. The van der Waals surface area contributed by atoms with Crippen LogP contribution in [0.2, 0.25) is 0 Å². The van der Waals surface area contributed by atoms with Gasteiger partial charge in [0.25, 0.3) is 0 Å². The maximum Gasteiger partial charge on any atom is 0.416 e. The highest BCUT2D eigenvalue weighted by molar-refractivity contribution is 6.03. The van der Waals surface area contributed by atoms with Gasteiger partial charge in [0.05, 0.1) is 22.6 Å². The SMILES string of the molecule is Cc1ccccc1-c1cc([N+]2([O-])CCN(C)CC2)[n+](C)cc1N(C)C(=O)C(C)(C)c1cc(C(F)(F)F)cc(C(F)(F)F)c1. The topological polar surface area (TPSA) is 50.5 Å². The molecule has 1 aliphatic heterocycles. The number of carbonyl (C=O) groups excluding carboxylic acids is 1. The quantitative estimate of drug-likeness (QED) is 0.150. The molecular formula is C31H35F6N4O2+. The maximum absolute atomic E-state index is 14.0. The van der Waals surface area contributed by atoms with E-state index >= 15 is 0 Å². The fraction of sp³-hybridized carbons (Fsp3) is 0.419. The number of halogens is 6. The van der Waals surface area contributed by atoms with Crippen molar-refractivity contribution in [3.05, 3.63) is 82.2 Å². The standard InChI is InChI=1S/C31H35F6N4O2/c1-20-9-7-8-10-24(20)25-18-27(41(43)13-11-38(4)12-14-41)39(5)19-26(25)40(6)28(42)29(2,3)21-15-22(30(32,33)34)17-23(16-21)31(35,36)37/h7-10,15-19H,11-14H2,1-6H3/q+1. The molecule has 0 N–H and O–H groups in total.